The van der Waals surface area contributed by atoms with Crippen LogP contribution in [0.5, 0.6) is 0 Å². The van der Waals surface area contributed by atoms with Gasteiger partial charge in [0, 0.05) is 24.7 Å². The summed E-state index contributed by atoms with van der Waals surface area (Å²) in [6, 6.07) is 24.3. The third-order valence-electron chi connectivity index (χ3n) is 4.55. The number of fused-ring (bicyclic) bond motifs is 1. The summed E-state index contributed by atoms with van der Waals surface area (Å²) in [4.78, 5) is 4.43. The van der Waals surface area contributed by atoms with Gasteiger partial charge < -0.3 is 0 Å². The van der Waals surface area contributed by atoms with Crippen LogP contribution in [0.15, 0.2) is 89.6 Å². The van der Waals surface area contributed by atoms with Crippen LogP contribution >= 0.6 is 0 Å². The fourth-order valence-electron chi connectivity index (χ4n) is 3.24. The third kappa shape index (κ3) is 4.58. The van der Waals surface area contributed by atoms with Crippen molar-refractivity contribution >= 4 is 26.8 Å². The lowest BCUT2D eigenvalue weighted by Gasteiger charge is -2.19. The van der Waals surface area contributed by atoms with Crippen LogP contribution in [0.2, 0.25) is 0 Å². The first-order valence-electron chi connectivity index (χ1n) is 9.15. The highest BCUT2D eigenvalue weighted by Gasteiger charge is 2.19. The lowest BCUT2D eigenvalue weighted by Crippen LogP contribution is -2.44. The zero-order valence-electron chi connectivity index (χ0n) is 15.3. The van der Waals surface area contributed by atoms with Gasteiger partial charge in [-0.2, -0.15) is 8.42 Å². The molecule has 0 amide bonds. The summed E-state index contributed by atoms with van der Waals surface area (Å²) in [7, 11) is -3.64. The van der Waals surface area contributed by atoms with Crippen molar-refractivity contribution in [3.05, 3.63) is 95.7 Å². The van der Waals surface area contributed by atoms with Gasteiger partial charge in [-0.3, -0.25) is 14.4 Å². The predicted octanol–water partition coefficient (Wildman–Crippen LogP) is 3.35. The van der Waals surface area contributed by atoms with Crippen molar-refractivity contribution in [1.82, 2.24) is 9.44 Å². The van der Waals surface area contributed by atoms with Crippen molar-refractivity contribution in [2.45, 2.75) is 12.8 Å². The number of hydrogen-bond acceptors (Lipinski definition) is 3. The van der Waals surface area contributed by atoms with E-state index in [4.69, 9.17) is 0 Å². The van der Waals surface area contributed by atoms with E-state index >= 15 is 0 Å². The Balaban J connectivity index is 1.52. The Labute approximate surface area is 165 Å². The number of nitrogens with zero attached hydrogens (tertiary/aromatic N) is 1. The maximum Gasteiger partial charge on any atom is 0.322 e. The lowest BCUT2D eigenvalue weighted by molar-refractivity contribution is 0.582. The van der Waals surface area contributed by atoms with Gasteiger partial charge in [0.05, 0.1) is 0 Å². The molecule has 1 heterocycles. The van der Waals surface area contributed by atoms with E-state index in [0.29, 0.717) is 24.5 Å². The van der Waals surface area contributed by atoms with Crippen LogP contribution in [-0.2, 0) is 23.1 Å². The van der Waals surface area contributed by atoms with E-state index in [0.717, 1.165) is 22.8 Å². The van der Waals surface area contributed by atoms with E-state index in [2.05, 4.69) is 38.7 Å². The van der Waals surface area contributed by atoms with Crippen molar-refractivity contribution in [3.8, 4) is 0 Å². The number of rotatable bonds is 5. The molecule has 0 bridgehead atoms. The van der Waals surface area contributed by atoms with Gasteiger partial charge in [0.15, 0.2) is 0 Å². The number of nitrogens with one attached hydrogen (secondary N) is 2. The third-order valence-corrected chi connectivity index (χ3v) is 5.56. The minimum atomic E-state index is -3.64. The summed E-state index contributed by atoms with van der Waals surface area (Å²) in [5, 5.41) is 2.29. The van der Waals surface area contributed by atoms with Crippen LogP contribution in [0.25, 0.3) is 10.8 Å². The highest BCUT2D eigenvalue weighted by molar-refractivity contribution is 7.88. The van der Waals surface area contributed by atoms with Gasteiger partial charge >= 0.3 is 10.2 Å². The molecule has 0 atom stereocenters. The average Bonchev–Trinajstić information content (AvgIpc) is 2.67. The lowest BCUT2D eigenvalue weighted by atomic mass is 10.0. The normalized spacial score (nSPS) is 17.0. The zero-order valence-corrected chi connectivity index (χ0v) is 16.1. The summed E-state index contributed by atoms with van der Waals surface area (Å²) in [6.45, 7) is 0.515. The van der Waals surface area contributed by atoms with E-state index in [-0.39, 0.29) is 0 Å². The largest absolute Gasteiger partial charge is 0.322 e. The maximum atomic E-state index is 12.2. The molecule has 0 spiro atoms. The van der Waals surface area contributed by atoms with Gasteiger partial charge in [0.2, 0.25) is 0 Å². The molecule has 6 heteroatoms. The summed E-state index contributed by atoms with van der Waals surface area (Å²) in [6.07, 6.45) is 3.01. The molecular weight excluding hydrogens is 370 g/mol. The molecule has 0 unspecified atom stereocenters. The Morgan fingerprint density at radius 2 is 1.54 bits per heavy atom. The molecule has 4 rings (SSSR count). The molecule has 1 aliphatic rings. The van der Waals surface area contributed by atoms with E-state index < -0.39 is 10.2 Å². The van der Waals surface area contributed by atoms with Crippen molar-refractivity contribution in [3.63, 3.8) is 0 Å². The molecule has 142 valence electrons. The minimum absolute atomic E-state index is 0.366. The molecule has 28 heavy (non-hydrogen) atoms. The summed E-state index contributed by atoms with van der Waals surface area (Å²) in [5.41, 5.74) is 2.81. The van der Waals surface area contributed by atoms with Gasteiger partial charge in [0.25, 0.3) is 0 Å². The smallest absolute Gasteiger partial charge is 0.270 e. The van der Waals surface area contributed by atoms with Crippen LogP contribution in [0.4, 0.5) is 0 Å². The number of benzene rings is 3. The minimum Gasteiger partial charge on any atom is -0.270 e. The number of allylic oxidation sites excluding steroid dienone is 1. The molecular formula is C22H21N3O2S. The molecule has 3 aromatic carbocycles. The van der Waals surface area contributed by atoms with Gasteiger partial charge in [0.1, 0.15) is 5.84 Å². The summed E-state index contributed by atoms with van der Waals surface area (Å²) >= 11 is 0. The fraction of sp³-hybridized carbons (Fsp3) is 0.136. The molecule has 1 aliphatic heterocycles. The van der Waals surface area contributed by atoms with Crippen molar-refractivity contribution in [2.24, 2.45) is 4.99 Å². The summed E-state index contributed by atoms with van der Waals surface area (Å²) < 4.78 is 29.4. The Hall–Kier alpha value is -3.12. The molecule has 0 aromatic heterocycles. The van der Waals surface area contributed by atoms with E-state index in [1.54, 1.807) is 6.08 Å². The van der Waals surface area contributed by atoms with E-state index in [1.807, 2.05) is 48.5 Å². The van der Waals surface area contributed by atoms with Crippen LogP contribution in [0, 0.1) is 0 Å². The highest BCUT2D eigenvalue weighted by atomic mass is 32.2. The van der Waals surface area contributed by atoms with E-state index in [1.165, 1.54) is 5.56 Å². The van der Waals surface area contributed by atoms with Crippen LogP contribution in [0.1, 0.15) is 11.1 Å². The standard InChI is InChI=1S/C22H21N3O2S/c26-28(27)24-21(15-18-10-11-19-8-4-5-9-20(19)14-18)16-22(25-28)23-13-12-17-6-2-1-3-7-17/h1-11,14,16,24H,12-13,15H2,(H,23,25). The summed E-state index contributed by atoms with van der Waals surface area (Å²) in [5.74, 6) is 0.366. The Morgan fingerprint density at radius 3 is 2.36 bits per heavy atom. The molecule has 0 saturated heterocycles. The van der Waals surface area contributed by atoms with Crippen LogP contribution < -0.4 is 9.44 Å². The van der Waals surface area contributed by atoms with Crippen molar-refractivity contribution in [1.29, 1.82) is 0 Å². The molecule has 5 nitrogen and oxygen atoms in total. The van der Waals surface area contributed by atoms with Gasteiger partial charge in [-0.25, -0.2) is 0 Å². The average molecular weight is 391 g/mol. The molecule has 3 aromatic rings. The zero-order chi connectivity index (χ0) is 19.4. The Kier molecular flexibility index (Phi) is 5.12. The number of hydrogen-bond donors (Lipinski definition) is 2. The highest BCUT2D eigenvalue weighted by Crippen LogP contribution is 2.18. The first-order chi connectivity index (χ1) is 13.6. The van der Waals surface area contributed by atoms with Crippen LogP contribution in [0.3, 0.4) is 0 Å². The SMILES string of the molecule is O=S1(=O)NC(Cc2ccc3ccccc3c2)=CC(=NCCc2ccccc2)N1. The fourth-order valence-corrected chi connectivity index (χ4v) is 4.17. The van der Waals surface area contributed by atoms with Crippen molar-refractivity contribution in [2.75, 3.05) is 6.54 Å². The second-order valence-corrected chi connectivity index (χ2v) is 8.15. The van der Waals surface area contributed by atoms with Crippen molar-refractivity contribution < 1.29 is 8.42 Å². The number of aliphatic imine (C=N–C) groups is 1. The number of amidine groups is 1. The molecule has 0 fully saturated rings. The monoisotopic (exact) mass is 391 g/mol. The first-order valence-corrected chi connectivity index (χ1v) is 10.6. The molecule has 0 aliphatic carbocycles. The molecule has 0 radical (unpaired) electrons. The van der Waals surface area contributed by atoms with Gasteiger partial charge in [-0.05, 0) is 28.3 Å². The topological polar surface area (TPSA) is 70.6 Å². The maximum absolute atomic E-state index is 12.2. The van der Waals surface area contributed by atoms with Gasteiger partial charge in [-0.1, -0.05) is 72.8 Å². The second kappa shape index (κ2) is 7.86. The molecule has 0 saturated carbocycles. The Morgan fingerprint density at radius 1 is 0.786 bits per heavy atom. The Bertz CT molecular complexity index is 1150. The van der Waals surface area contributed by atoms with Gasteiger partial charge in [-0.15, -0.1) is 0 Å². The predicted molar refractivity (Wildman–Crippen MR) is 113 cm³/mol. The van der Waals surface area contributed by atoms with E-state index in [9.17, 15) is 8.42 Å². The second-order valence-electron chi connectivity index (χ2n) is 6.74. The quantitative estimate of drug-likeness (QED) is 0.700. The van der Waals surface area contributed by atoms with Crippen LogP contribution in [-0.4, -0.2) is 20.8 Å². The molecule has 2 N–H and O–H groups in total. The first kappa shape index (κ1) is 18.3.